The summed E-state index contributed by atoms with van der Waals surface area (Å²) < 4.78 is 39.2. The summed E-state index contributed by atoms with van der Waals surface area (Å²) in [5.41, 5.74) is 5.56. The van der Waals surface area contributed by atoms with Crippen LogP contribution in [0.15, 0.2) is 47.5 Å². The molecule has 7 heteroatoms. The summed E-state index contributed by atoms with van der Waals surface area (Å²) in [4.78, 5) is 3.48. The number of sulfonamides is 1. The SMILES string of the molecule is CN(c1ccccn1)S(=O)(=O)c1ccc(N)cc1F. The zero-order valence-electron chi connectivity index (χ0n) is 10.1. The van der Waals surface area contributed by atoms with Crippen LogP contribution < -0.4 is 10.0 Å². The van der Waals surface area contributed by atoms with Crippen molar-refractivity contribution in [2.75, 3.05) is 17.1 Å². The molecule has 1 aromatic carbocycles. The average Bonchev–Trinajstić information content (AvgIpc) is 2.38. The molecule has 2 N–H and O–H groups in total. The molecule has 19 heavy (non-hydrogen) atoms. The van der Waals surface area contributed by atoms with Gasteiger partial charge in [0.2, 0.25) is 0 Å². The van der Waals surface area contributed by atoms with Crippen molar-refractivity contribution < 1.29 is 12.8 Å². The van der Waals surface area contributed by atoms with E-state index in [4.69, 9.17) is 5.73 Å². The Morgan fingerprint density at radius 1 is 1.26 bits per heavy atom. The van der Waals surface area contributed by atoms with E-state index in [1.165, 1.54) is 25.4 Å². The lowest BCUT2D eigenvalue weighted by Crippen LogP contribution is -2.28. The van der Waals surface area contributed by atoms with Crippen LogP contribution in [0.2, 0.25) is 0 Å². The van der Waals surface area contributed by atoms with Crippen molar-refractivity contribution in [3.05, 3.63) is 48.4 Å². The van der Waals surface area contributed by atoms with E-state index < -0.39 is 20.7 Å². The molecule has 5 nitrogen and oxygen atoms in total. The second kappa shape index (κ2) is 4.85. The highest BCUT2D eigenvalue weighted by molar-refractivity contribution is 7.92. The van der Waals surface area contributed by atoms with Crippen molar-refractivity contribution in [2.24, 2.45) is 0 Å². The Morgan fingerprint density at radius 3 is 2.58 bits per heavy atom. The number of hydrogen-bond donors (Lipinski definition) is 1. The molecule has 100 valence electrons. The molecule has 1 aromatic heterocycles. The molecule has 0 amide bonds. The molecule has 1 heterocycles. The highest BCUT2D eigenvalue weighted by Gasteiger charge is 2.25. The van der Waals surface area contributed by atoms with E-state index >= 15 is 0 Å². The molecule has 2 rings (SSSR count). The number of rotatable bonds is 3. The van der Waals surface area contributed by atoms with Gasteiger partial charge in [0.15, 0.2) is 0 Å². The smallest absolute Gasteiger partial charge is 0.268 e. The molecular formula is C12H12FN3O2S. The first-order valence-electron chi connectivity index (χ1n) is 5.38. The number of hydrogen-bond acceptors (Lipinski definition) is 4. The van der Waals surface area contributed by atoms with E-state index in [0.29, 0.717) is 0 Å². The Labute approximate surface area is 110 Å². The molecule has 0 radical (unpaired) electrons. The van der Waals surface area contributed by atoms with Crippen LogP contribution in [0, 0.1) is 5.82 Å². The molecule has 2 aromatic rings. The molecule has 0 unspecified atom stereocenters. The van der Waals surface area contributed by atoms with Gasteiger partial charge in [0.1, 0.15) is 16.5 Å². The Kier molecular flexibility index (Phi) is 3.39. The van der Waals surface area contributed by atoms with Crippen LogP contribution in [-0.4, -0.2) is 20.4 Å². The van der Waals surface area contributed by atoms with Gasteiger partial charge in [-0.05, 0) is 30.3 Å². The van der Waals surface area contributed by atoms with E-state index in [9.17, 15) is 12.8 Å². The quantitative estimate of drug-likeness (QED) is 0.867. The molecule has 0 aliphatic rings. The van der Waals surface area contributed by atoms with Crippen LogP contribution >= 0.6 is 0 Å². The van der Waals surface area contributed by atoms with Gasteiger partial charge in [0.25, 0.3) is 10.0 Å². The second-order valence-electron chi connectivity index (χ2n) is 3.85. The summed E-state index contributed by atoms with van der Waals surface area (Å²) in [7, 11) is -2.69. The highest BCUT2D eigenvalue weighted by atomic mass is 32.2. The lowest BCUT2D eigenvalue weighted by atomic mass is 10.3. The Morgan fingerprint density at radius 2 is 2.00 bits per heavy atom. The maximum absolute atomic E-state index is 13.7. The first kappa shape index (κ1) is 13.3. The fraction of sp³-hybridized carbons (Fsp3) is 0.0833. The largest absolute Gasteiger partial charge is 0.399 e. The first-order valence-corrected chi connectivity index (χ1v) is 6.82. The lowest BCUT2D eigenvalue weighted by molar-refractivity contribution is 0.566. The Bertz CT molecular complexity index is 689. The van der Waals surface area contributed by atoms with Crippen molar-refractivity contribution in [1.29, 1.82) is 0 Å². The topological polar surface area (TPSA) is 76.3 Å². The van der Waals surface area contributed by atoms with Crippen molar-refractivity contribution >= 4 is 21.5 Å². The minimum absolute atomic E-state index is 0.164. The van der Waals surface area contributed by atoms with Crippen molar-refractivity contribution in [3.8, 4) is 0 Å². The molecule has 0 aliphatic heterocycles. The number of pyridine rings is 1. The number of benzene rings is 1. The van der Waals surface area contributed by atoms with Gasteiger partial charge in [0, 0.05) is 18.9 Å². The predicted octanol–water partition coefficient (Wildman–Crippen LogP) is 1.63. The number of nitrogen functional groups attached to an aromatic ring is 1. The molecule has 0 saturated heterocycles. The van der Waals surface area contributed by atoms with Crippen molar-refractivity contribution in [1.82, 2.24) is 4.98 Å². The van der Waals surface area contributed by atoms with Gasteiger partial charge in [-0.1, -0.05) is 6.07 Å². The third-order valence-corrected chi connectivity index (χ3v) is 4.36. The third kappa shape index (κ3) is 2.50. The summed E-state index contributed by atoms with van der Waals surface area (Å²) in [5, 5.41) is 0. The number of aromatic nitrogens is 1. The van der Waals surface area contributed by atoms with E-state index in [1.54, 1.807) is 12.1 Å². The maximum Gasteiger partial charge on any atom is 0.268 e. The van der Waals surface area contributed by atoms with E-state index in [0.717, 1.165) is 16.4 Å². The van der Waals surface area contributed by atoms with E-state index in [1.807, 2.05) is 0 Å². The molecule has 0 fully saturated rings. The standard InChI is InChI=1S/C12H12FN3O2S/c1-16(12-4-2-3-7-15-12)19(17,18)11-6-5-9(14)8-10(11)13/h2-8H,14H2,1H3. The predicted molar refractivity (Wildman–Crippen MR) is 70.6 cm³/mol. The Hall–Kier alpha value is -2.15. The number of anilines is 2. The summed E-state index contributed by atoms with van der Waals surface area (Å²) in [6.45, 7) is 0. The molecular weight excluding hydrogens is 269 g/mol. The summed E-state index contributed by atoms with van der Waals surface area (Å²) in [6.07, 6.45) is 1.46. The average molecular weight is 281 g/mol. The van der Waals surface area contributed by atoms with Crippen LogP contribution in [0.25, 0.3) is 0 Å². The van der Waals surface area contributed by atoms with Gasteiger partial charge in [0.05, 0.1) is 0 Å². The minimum atomic E-state index is -4.00. The summed E-state index contributed by atoms with van der Waals surface area (Å²) >= 11 is 0. The van der Waals surface area contributed by atoms with E-state index in [2.05, 4.69) is 4.98 Å². The number of nitrogens with two attached hydrogens (primary N) is 1. The highest BCUT2D eigenvalue weighted by Crippen LogP contribution is 2.23. The second-order valence-corrected chi connectivity index (χ2v) is 5.79. The monoisotopic (exact) mass is 281 g/mol. The van der Waals surface area contributed by atoms with Crippen LogP contribution in [0.4, 0.5) is 15.9 Å². The number of halogens is 1. The van der Waals surface area contributed by atoms with Crippen LogP contribution in [0.5, 0.6) is 0 Å². The first-order chi connectivity index (χ1) is 8.93. The number of nitrogens with zero attached hydrogens (tertiary/aromatic N) is 2. The maximum atomic E-state index is 13.7. The van der Waals surface area contributed by atoms with Gasteiger partial charge < -0.3 is 5.73 Å². The third-order valence-electron chi connectivity index (χ3n) is 2.57. The van der Waals surface area contributed by atoms with Crippen molar-refractivity contribution in [2.45, 2.75) is 4.90 Å². The van der Waals surface area contributed by atoms with Gasteiger partial charge in [-0.2, -0.15) is 0 Å². The summed E-state index contributed by atoms with van der Waals surface area (Å²) in [5.74, 6) is -0.679. The van der Waals surface area contributed by atoms with Gasteiger partial charge in [-0.3, -0.25) is 4.31 Å². The van der Waals surface area contributed by atoms with Gasteiger partial charge >= 0.3 is 0 Å². The fourth-order valence-electron chi connectivity index (χ4n) is 1.54. The van der Waals surface area contributed by atoms with E-state index in [-0.39, 0.29) is 11.5 Å². The molecule has 0 bridgehead atoms. The molecule has 0 aliphatic carbocycles. The minimum Gasteiger partial charge on any atom is -0.399 e. The zero-order valence-corrected chi connectivity index (χ0v) is 10.9. The van der Waals surface area contributed by atoms with Crippen LogP contribution in [0.3, 0.4) is 0 Å². The van der Waals surface area contributed by atoms with Crippen LogP contribution in [0.1, 0.15) is 0 Å². The van der Waals surface area contributed by atoms with Crippen LogP contribution in [-0.2, 0) is 10.0 Å². The normalized spacial score (nSPS) is 11.3. The zero-order chi connectivity index (χ0) is 14.0. The fourth-order valence-corrected chi connectivity index (χ4v) is 2.73. The molecule has 0 spiro atoms. The molecule has 0 atom stereocenters. The van der Waals surface area contributed by atoms with Crippen molar-refractivity contribution in [3.63, 3.8) is 0 Å². The van der Waals surface area contributed by atoms with Gasteiger partial charge in [-0.25, -0.2) is 17.8 Å². The van der Waals surface area contributed by atoms with Gasteiger partial charge in [-0.15, -0.1) is 0 Å². The lowest BCUT2D eigenvalue weighted by Gasteiger charge is -2.18. The summed E-state index contributed by atoms with van der Waals surface area (Å²) in [6, 6.07) is 8.27. The Balaban J connectivity index is 2.48. The molecule has 0 saturated carbocycles.